The van der Waals surface area contributed by atoms with Gasteiger partial charge in [0, 0.05) is 6.42 Å². The molecule has 3 heterocycles. The van der Waals surface area contributed by atoms with E-state index in [0.29, 0.717) is 12.2 Å². The van der Waals surface area contributed by atoms with Crippen molar-refractivity contribution < 1.29 is 9.53 Å². The third kappa shape index (κ3) is 1.22. The molecule has 0 saturated carbocycles. The maximum atomic E-state index is 11.9. The molecule has 0 aliphatic carbocycles. The Morgan fingerprint density at radius 3 is 2.80 bits per heavy atom. The van der Waals surface area contributed by atoms with Crippen molar-refractivity contribution in [1.82, 2.24) is 0 Å². The Morgan fingerprint density at radius 1 is 1.40 bits per heavy atom. The van der Waals surface area contributed by atoms with Gasteiger partial charge in [-0.2, -0.15) is 0 Å². The van der Waals surface area contributed by atoms with Crippen molar-refractivity contribution in [1.29, 1.82) is 0 Å². The molecule has 2 unspecified atom stereocenters. The van der Waals surface area contributed by atoms with Crippen LogP contribution >= 0.6 is 0 Å². The quantitative estimate of drug-likeness (QED) is 0.687. The van der Waals surface area contributed by atoms with Crippen molar-refractivity contribution in [2.24, 2.45) is 0 Å². The van der Waals surface area contributed by atoms with E-state index in [9.17, 15) is 4.79 Å². The summed E-state index contributed by atoms with van der Waals surface area (Å²) in [5.74, 6) is 0.0374. The van der Waals surface area contributed by atoms with Crippen molar-refractivity contribution >= 4 is 17.3 Å². The number of para-hydroxylation sites is 2. The molecule has 2 atom stereocenters. The van der Waals surface area contributed by atoms with Crippen LogP contribution in [-0.2, 0) is 9.53 Å². The first-order valence-corrected chi connectivity index (χ1v) is 5.07. The molecular weight excluding hydrogens is 192 g/mol. The third-order valence-corrected chi connectivity index (χ3v) is 2.99. The van der Waals surface area contributed by atoms with Crippen LogP contribution in [0.25, 0.3) is 0 Å². The molecule has 0 aromatic heterocycles. The number of hydrogen-bond acceptors (Lipinski definition) is 3. The summed E-state index contributed by atoms with van der Waals surface area (Å²) in [6.45, 7) is 0.629. The summed E-state index contributed by atoms with van der Waals surface area (Å²) >= 11 is 0. The number of amides is 1. The van der Waals surface area contributed by atoms with Gasteiger partial charge in [-0.15, -0.1) is 0 Å². The second-order valence-electron chi connectivity index (χ2n) is 3.99. The van der Waals surface area contributed by atoms with Gasteiger partial charge in [0.15, 0.2) is 0 Å². The number of fused-ring (bicyclic) bond motifs is 2. The van der Waals surface area contributed by atoms with Gasteiger partial charge >= 0.3 is 0 Å². The van der Waals surface area contributed by atoms with Gasteiger partial charge in [-0.3, -0.25) is 4.79 Å². The average Bonchev–Trinajstić information content (AvgIpc) is 2.17. The predicted molar refractivity (Wildman–Crippen MR) is 56.5 cm³/mol. The molecular formula is C11H12N2O2. The number of ether oxygens (including phenoxy) is 1. The van der Waals surface area contributed by atoms with Crippen LogP contribution < -0.4 is 10.6 Å². The first-order chi connectivity index (χ1) is 7.25. The fourth-order valence-electron chi connectivity index (χ4n) is 2.15. The molecule has 3 fully saturated rings. The Labute approximate surface area is 87.6 Å². The molecule has 4 heteroatoms. The van der Waals surface area contributed by atoms with Crippen molar-refractivity contribution in [3.05, 3.63) is 24.3 Å². The predicted octanol–water partition coefficient (Wildman–Crippen LogP) is 0.773. The van der Waals surface area contributed by atoms with Crippen molar-refractivity contribution in [2.75, 3.05) is 17.2 Å². The fraction of sp³-hybridized carbons (Fsp3) is 0.364. The Bertz CT molecular complexity index is 413. The minimum atomic E-state index is -0.233. The largest absolute Gasteiger partial charge is 0.397 e. The molecule has 1 amide bonds. The zero-order valence-electron chi connectivity index (χ0n) is 8.22. The molecule has 2 bridgehead atoms. The molecule has 3 aliphatic heterocycles. The van der Waals surface area contributed by atoms with E-state index >= 15 is 0 Å². The third-order valence-electron chi connectivity index (χ3n) is 2.99. The van der Waals surface area contributed by atoms with Gasteiger partial charge in [-0.25, -0.2) is 0 Å². The van der Waals surface area contributed by atoms with E-state index in [1.807, 2.05) is 24.3 Å². The normalized spacial score (nSPS) is 28.8. The number of nitrogen functional groups attached to an aromatic ring is 1. The zero-order chi connectivity index (χ0) is 10.4. The number of benzene rings is 1. The Balaban J connectivity index is 1.94. The van der Waals surface area contributed by atoms with Crippen LogP contribution in [0.15, 0.2) is 24.3 Å². The molecule has 3 aliphatic rings. The second kappa shape index (κ2) is 2.97. The van der Waals surface area contributed by atoms with Gasteiger partial charge in [0.05, 0.1) is 24.0 Å². The molecule has 78 valence electrons. The van der Waals surface area contributed by atoms with Crippen molar-refractivity contribution in [3.63, 3.8) is 0 Å². The molecule has 15 heavy (non-hydrogen) atoms. The number of morpholine rings is 1. The fourth-order valence-corrected chi connectivity index (χ4v) is 2.15. The van der Waals surface area contributed by atoms with Crippen LogP contribution in [0.3, 0.4) is 0 Å². The molecule has 1 aromatic carbocycles. The first-order valence-electron chi connectivity index (χ1n) is 5.07. The smallest absolute Gasteiger partial charge is 0.256 e. The van der Waals surface area contributed by atoms with E-state index in [1.165, 1.54) is 0 Å². The SMILES string of the molecule is Nc1ccccc1N1CC2CC(O2)C1=O. The summed E-state index contributed by atoms with van der Waals surface area (Å²) in [7, 11) is 0. The van der Waals surface area contributed by atoms with E-state index in [1.54, 1.807) is 4.90 Å². The van der Waals surface area contributed by atoms with Gasteiger partial charge in [0.1, 0.15) is 6.10 Å². The number of carbonyl (C=O) groups is 1. The van der Waals surface area contributed by atoms with Gasteiger partial charge in [0.25, 0.3) is 5.91 Å². The maximum Gasteiger partial charge on any atom is 0.256 e. The number of nitrogens with two attached hydrogens (primary N) is 1. The lowest BCUT2D eigenvalue weighted by Crippen LogP contribution is -2.61. The number of piperidine rings is 1. The van der Waals surface area contributed by atoms with Crippen LogP contribution in [0.4, 0.5) is 11.4 Å². The summed E-state index contributed by atoms with van der Waals surface area (Å²) < 4.78 is 5.35. The van der Waals surface area contributed by atoms with E-state index in [0.717, 1.165) is 12.1 Å². The average molecular weight is 204 g/mol. The lowest BCUT2D eigenvalue weighted by Gasteiger charge is -2.46. The van der Waals surface area contributed by atoms with Crippen LogP contribution in [0.1, 0.15) is 6.42 Å². The van der Waals surface area contributed by atoms with Crippen molar-refractivity contribution in [2.45, 2.75) is 18.6 Å². The van der Waals surface area contributed by atoms with E-state index < -0.39 is 0 Å². The molecule has 1 aromatic rings. The Morgan fingerprint density at radius 2 is 2.13 bits per heavy atom. The first kappa shape index (κ1) is 8.73. The van der Waals surface area contributed by atoms with E-state index in [4.69, 9.17) is 10.5 Å². The topological polar surface area (TPSA) is 55.6 Å². The van der Waals surface area contributed by atoms with Gasteiger partial charge in [0.2, 0.25) is 0 Å². The monoisotopic (exact) mass is 204 g/mol. The summed E-state index contributed by atoms with van der Waals surface area (Å²) in [6, 6.07) is 7.44. The Kier molecular flexibility index (Phi) is 1.73. The second-order valence-corrected chi connectivity index (χ2v) is 3.99. The van der Waals surface area contributed by atoms with Gasteiger partial charge in [-0.1, -0.05) is 12.1 Å². The highest BCUT2D eigenvalue weighted by molar-refractivity contribution is 6.00. The van der Waals surface area contributed by atoms with E-state index in [2.05, 4.69) is 0 Å². The number of anilines is 2. The standard InChI is InChI=1S/C11H12N2O2/c12-8-3-1-2-4-9(8)13-6-7-5-10(15-7)11(13)14/h1-4,7,10H,5-6,12H2. The molecule has 4 nitrogen and oxygen atoms in total. The number of rotatable bonds is 1. The van der Waals surface area contributed by atoms with Crippen molar-refractivity contribution in [3.8, 4) is 0 Å². The summed E-state index contributed by atoms with van der Waals surface area (Å²) in [4.78, 5) is 13.6. The zero-order valence-corrected chi connectivity index (χ0v) is 8.22. The number of carbonyl (C=O) groups excluding carboxylic acids is 1. The molecule has 0 radical (unpaired) electrons. The minimum Gasteiger partial charge on any atom is -0.397 e. The highest BCUT2D eigenvalue weighted by atomic mass is 16.5. The molecule has 2 N–H and O–H groups in total. The summed E-state index contributed by atoms with van der Waals surface area (Å²) in [6.07, 6.45) is 0.831. The Hall–Kier alpha value is -1.55. The van der Waals surface area contributed by atoms with Gasteiger partial charge in [-0.05, 0) is 12.1 Å². The van der Waals surface area contributed by atoms with Crippen LogP contribution in [-0.4, -0.2) is 24.7 Å². The van der Waals surface area contributed by atoms with Crippen LogP contribution in [0.5, 0.6) is 0 Å². The van der Waals surface area contributed by atoms with E-state index in [-0.39, 0.29) is 18.1 Å². The molecule has 0 spiro atoms. The molecule has 3 saturated heterocycles. The minimum absolute atomic E-state index is 0.0374. The number of hydrogen-bond donors (Lipinski definition) is 1. The summed E-state index contributed by atoms with van der Waals surface area (Å²) in [5, 5.41) is 0. The van der Waals surface area contributed by atoms with Crippen LogP contribution in [0.2, 0.25) is 0 Å². The number of nitrogens with zero attached hydrogens (tertiary/aromatic N) is 1. The maximum absolute atomic E-state index is 11.9. The molecule has 4 rings (SSSR count). The van der Waals surface area contributed by atoms with Gasteiger partial charge < -0.3 is 15.4 Å². The lowest BCUT2D eigenvalue weighted by atomic mass is 9.97. The summed E-state index contributed by atoms with van der Waals surface area (Å²) in [5.41, 5.74) is 7.29. The van der Waals surface area contributed by atoms with Crippen LogP contribution in [0, 0.1) is 0 Å². The highest BCUT2D eigenvalue weighted by Gasteiger charge is 2.45. The highest BCUT2D eigenvalue weighted by Crippen LogP contribution is 2.34. The lowest BCUT2D eigenvalue weighted by molar-refractivity contribution is -0.169.